The molecule has 2 aromatic rings. The van der Waals surface area contributed by atoms with Gasteiger partial charge in [0.25, 0.3) is 5.91 Å². The summed E-state index contributed by atoms with van der Waals surface area (Å²) in [7, 11) is 0. The number of carboxylic acid groups (broad SMARTS) is 1. The van der Waals surface area contributed by atoms with Crippen molar-refractivity contribution in [3.05, 3.63) is 63.2 Å². The van der Waals surface area contributed by atoms with Crippen molar-refractivity contribution in [2.45, 2.75) is 0 Å². The lowest BCUT2D eigenvalue weighted by Gasteiger charge is -2.08. The summed E-state index contributed by atoms with van der Waals surface area (Å²) in [6.45, 7) is -0.492. The Balaban J connectivity index is 1.85. The monoisotopic (exact) mass is 450 g/mol. The van der Waals surface area contributed by atoms with Gasteiger partial charge in [0.15, 0.2) is 11.8 Å². The number of hydrogen-bond donors (Lipinski definition) is 2. The summed E-state index contributed by atoms with van der Waals surface area (Å²) in [4.78, 5) is 27.6. The van der Waals surface area contributed by atoms with Crippen LogP contribution >= 0.6 is 27.7 Å². The molecule has 2 N–H and O–H groups in total. The van der Waals surface area contributed by atoms with Gasteiger partial charge in [-0.25, -0.2) is 14.2 Å². The number of halogens is 2. The molecule has 0 unspecified atom stereocenters. The maximum atomic E-state index is 13.0. The van der Waals surface area contributed by atoms with Crippen LogP contribution < -0.4 is 10.1 Å². The van der Waals surface area contributed by atoms with Crippen molar-refractivity contribution >= 4 is 56.5 Å². The quantitative estimate of drug-likeness (QED) is 0.673. The van der Waals surface area contributed by atoms with E-state index in [1.54, 1.807) is 24.3 Å². The summed E-state index contributed by atoms with van der Waals surface area (Å²) in [5.74, 6) is -1.47. The Hall–Kier alpha value is -2.65. The fourth-order valence-corrected chi connectivity index (χ4v) is 3.37. The van der Waals surface area contributed by atoms with Crippen LogP contribution in [0.1, 0.15) is 5.56 Å². The summed E-state index contributed by atoms with van der Waals surface area (Å²) >= 11 is 4.46. The molecule has 0 bridgehead atoms. The molecular formula is C18H12BrFN2O4S. The maximum absolute atomic E-state index is 13.0. The van der Waals surface area contributed by atoms with E-state index in [2.05, 4.69) is 26.2 Å². The molecule has 3 rings (SSSR count). The molecule has 0 atom stereocenters. The molecule has 0 saturated carbocycles. The average molecular weight is 451 g/mol. The van der Waals surface area contributed by atoms with Crippen molar-refractivity contribution in [1.29, 1.82) is 0 Å². The first kappa shape index (κ1) is 19.1. The molecule has 1 heterocycles. The third-order valence-corrected chi connectivity index (χ3v) is 4.72. The molecule has 9 heteroatoms. The molecule has 6 nitrogen and oxygen atoms in total. The second-order valence-corrected chi connectivity index (χ2v) is 7.27. The Labute approximate surface area is 166 Å². The number of aliphatic imine (C=N–C) groups is 1. The highest BCUT2D eigenvalue weighted by atomic mass is 79.9. The van der Waals surface area contributed by atoms with E-state index in [1.165, 1.54) is 24.3 Å². The van der Waals surface area contributed by atoms with Gasteiger partial charge in [-0.3, -0.25) is 4.79 Å². The predicted molar refractivity (Wildman–Crippen MR) is 104 cm³/mol. The van der Waals surface area contributed by atoms with E-state index >= 15 is 0 Å². The van der Waals surface area contributed by atoms with Gasteiger partial charge in [-0.1, -0.05) is 15.9 Å². The van der Waals surface area contributed by atoms with E-state index < -0.39 is 12.6 Å². The van der Waals surface area contributed by atoms with Crippen molar-refractivity contribution in [1.82, 2.24) is 5.32 Å². The number of amides is 1. The minimum Gasteiger partial charge on any atom is -0.481 e. The fourth-order valence-electron chi connectivity index (χ4n) is 2.16. The molecule has 1 aliphatic heterocycles. The van der Waals surface area contributed by atoms with Crippen molar-refractivity contribution < 1.29 is 23.8 Å². The maximum Gasteiger partial charge on any atom is 0.341 e. The number of nitrogens with zero attached hydrogens (tertiary/aromatic N) is 1. The van der Waals surface area contributed by atoms with Crippen molar-refractivity contribution in [2.24, 2.45) is 4.99 Å². The van der Waals surface area contributed by atoms with Gasteiger partial charge < -0.3 is 15.2 Å². The van der Waals surface area contributed by atoms with Crippen LogP contribution in [0.5, 0.6) is 5.75 Å². The van der Waals surface area contributed by atoms with Crippen LogP contribution in [0.25, 0.3) is 6.08 Å². The zero-order valence-electron chi connectivity index (χ0n) is 13.6. The van der Waals surface area contributed by atoms with Gasteiger partial charge >= 0.3 is 5.97 Å². The Morgan fingerprint density at radius 2 is 2.04 bits per heavy atom. The second kappa shape index (κ2) is 8.36. The zero-order valence-corrected chi connectivity index (χ0v) is 16.0. The molecule has 0 radical (unpaired) electrons. The number of hydrogen-bond acceptors (Lipinski definition) is 5. The molecule has 2 aromatic carbocycles. The van der Waals surface area contributed by atoms with Gasteiger partial charge in [0.1, 0.15) is 11.6 Å². The number of rotatable bonds is 5. The number of aliphatic carboxylic acids is 1. The van der Waals surface area contributed by atoms with Crippen LogP contribution in [0.4, 0.5) is 10.1 Å². The third-order valence-electron chi connectivity index (χ3n) is 3.32. The van der Waals surface area contributed by atoms with Gasteiger partial charge in [-0.15, -0.1) is 0 Å². The molecule has 0 spiro atoms. The topological polar surface area (TPSA) is 88.0 Å². The Morgan fingerprint density at radius 3 is 2.74 bits per heavy atom. The van der Waals surface area contributed by atoms with Gasteiger partial charge in [-0.2, -0.15) is 0 Å². The summed E-state index contributed by atoms with van der Waals surface area (Å²) in [5, 5.41) is 11.8. The van der Waals surface area contributed by atoms with E-state index in [1.807, 2.05) is 0 Å². The molecule has 1 saturated heterocycles. The fraction of sp³-hybridized carbons (Fsp3) is 0.0556. The molecule has 138 valence electrons. The largest absolute Gasteiger partial charge is 0.481 e. The summed E-state index contributed by atoms with van der Waals surface area (Å²) in [6, 6.07) is 10.6. The third kappa shape index (κ3) is 5.18. The molecule has 1 aliphatic rings. The van der Waals surface area contributed by atoms with E-state index in [-0.39, 0.29) is 11.7 Å². The Morgan fingerprint density at radius 1 is 1.30 bits per heavy atom. The minimum absolute atomic E-state index is 0.338. The van der Waals surface area contributed by atoms with Crippen LogP contribution in [-0.4, -0.2) is 28.8 Å². The summed E-state index contributed by atoms with van der Waals surface area (Å²) in [5.41, 5.74) is 1.06. The number of benzene rings is 2. The normalized spacial score (nSPS) is 16.6. The van der Waals surface area contributed by atoms with Crippen molar-refractivity contribution in [3.8, 4) is 5.75 Å². The highest BCUT2D eigenvalue weighted by molar-refractivity contribution is 9.10. The minimum atomic E-state index is -1.10. The molecular weight excluding hydrogens is 439 g/mol. The standard InChI is InChI=1S/C18H12BrFN2O4S/c19-11-1-6-14(26-9-16(23)24)10(7-11)8-15-17(25)22-18(27-15)21-13-4-2-12(20)3-5-13/h1-8H,9H2,(H,23,24)(H,21,22,25)/b15-8+. The van der Waals surface area contributed by atoms with Crippen molar-refractivity contribution in [2.75, 3.05) is 6.61 Å². The second-order valence-electron chi connectivity index (χ2n) is 5.32. The number of ether oxygens (including phenoxy) is 1. The molecule has 0 aromatic heterocycles. The first-order valence-electron chi connectivity index (χ1n) is 7.60. The number of thioether (sulfide) groups is 1. The smallest absolute Gasteiger partial charge is 0.341 e. The number of carbonyl (C=O) groups is 2. The van der Waals surface area contributed by atoms with Gasteiger partial charge in [-0.05, 0) is 60.3 Å². The molecule has 0 aliphatic carbocycles. The van der Waals surface area contributed by atoms with Crippen LogP contribution in [0.3, 0.4) is 0 Å². The van der Waals surface area contributed by atoms with Gasteiger partial charge in [0, 0.05) is 10.0 Å². The number of carbonyl (C=O) groups excluding carboxylic acids is 1. The van der Waals surface area contributed by atoms with E-state index in [4.69, 9.17) is 9.84 Å². The average Bonchev–Trinajstić information content (AvgIpc) is 2.95. The number of nitrogens with one attached hydrogen (secondary N) is 1. The SMILES string of the molecule is O=C(O)COc1ccc(Br)cc1/C=C1/SC(=Nc2ccc(F)cc2)NC1=O. The van der Waals surface area contributed by atoms with E-state index in [0.29, 0.717) is 27.1 Å². The Bertz CT molecular complexity index is 960. The van der Waals surface area contributed by atoms with E-state index in [9.17, 15) is 14.0 Å². The lowest BCUT2D eigenvalue weighted by atomic mass is 10.2. The molecule has 1 fully saturated rings. The molecule has 27 heavy (non-hydrogen) atoms. The first-order chi connectivity index (χ1) is 12.9. The zero-order chi connectivity index (χ0) is 19.4. The van der Waals surface area contributed by atoms with Crippen LogP contribution in [0.15, 0.2) is 56.8 Å². The highest BCUT2D eigenvalue weighted by Gasteiger charge is 2.24. The first-order valence-corrected chi connectivity index (χ1v) is 9.21. The lowest BCUT2D eigenvalue weighted by molar-refractivity contribution is -0.139. The summed E-state index contributed by atoms with van der Waals surface area (Å²) < 4.78 is 19.0. The number of carboxylic acids is 1. The highest BCUT2D eigenvalue weighted by Crippen LogP contribution is 2.32. The summed E-state index contributed by atoms with van der Waals surface area (Å²) in [6.07, 6.45) is 1.59. The number of amidine groups is 1. The lowest BCUT2D eigenvalue weighted by Crippen LogP contribution is -2.19. The van der Waals surface area contributed by atoms with E-state index in [0.717, 1.165) is 16.2 Å². The predicted octanol–water partition coefficient (Wildman–Crippen LogP) is 3.94. The van der Waals surface area contributed by atoms with Crippen LogP contribution in [0.2, 0.25) is 0 Å². The van der Waals surface area contributed by atoms with Gasteiger partial charge in [0.2, 0.25) is 0 Å². The van der Waals surface area contributed by atoms with Crippen molar-refractivity contribution in [3.63, 3.8) is 0 Å². The Kier molecular flexibility index (Phi) is 5.92. The molecule has 1 amide bonds. The van der Waals surface area contributed by atoms with Crippen LogP contribution in [0, 0.1) is 5.82 Å². The van der Waals surface area contributed by atoms with Gasteiger partial charge in [0.05, 0.1) is 10.6 Å². The van der Waals surface area contributed by atoms with Crippen LogP contribution in [-0.2, 0) is 9.59 Å².